The van der Waals surface area contributed by atoms with Crippen LogP contribution in [0.25, 0.3) is 0 Å². The number of likely N-dealkylation sites (N-methyl/N-ethyl adjacent to an activating group) is 1. The van der Waals surface area contributed by atoms with Crippen LogP contribution in [0.15, 0.2) is 18.2 Å². The van der Waals surface area contributed by atoms with Gasteiger partial charge in [-0.15, -0.1) is 0 Å². The Bertz CT molecular complexity index is 625. The molecule has 1 aliphatic heterocycles. The third-order valence-corrected chi connectivity index (χ3v) is 3.67. The van der Waals surface area contributed by atoms with E-state index in [-0.39, 0.29) is 24.3 Å². The summed E-state index contributed by atoms with van der Waals surface area (Å²) >= 11 is 0. The largest absolute Gasteiger partial charge is 0.330 e. The maximum Gasteiger partial charge on any atom is 0.255 e. The zero-order chi connectivity index (χ0) is 17.6. The van der Waals surface area contributed by atoms with Crippen molar-refractivity contribution in [3.05, 3.63) is 34.9 Å². The fourth-order valence-electron chi connectivity index (χ4n) is 2.41. The summed E-state index contributed by atoms with van der Waals surface area (Å²) < 4.78 is 0. The molecule has 0 aliphatic carbocycles. The molecule has 1 aromatic carbocycles. The summed E-state index contributed by atoms with van der Waals surface area (Å²) in [7, 11) is 1.50. The standard InChI is InChI=1S/C15H16N2O4.C2H6/c1-9-4-3-5-10(11(9)8-18)15(21)17(2)12-6-7-13(19)16-14(12)20;1-2/h3-5,8,12H,6-7H2,1-2H3,(H,16,19,20);1-2H3. The van der Waals surface area contributed by atoms with Crippen LogP contribution in [-0.2, 0) is 9.59 Å². The van der Waals surface area contributed by atoms with Crippen LogP contribution in [0.1, 0.15) is 53.0 Å². The summed E-state index contributed by atoms with van der Waals surface area (Å²) in [5.41, 5.74) is 1.28. The van der Waals surface area contributed by atoms with Gasteiger partial charge in [-0.2, -0.15) is 0 Å². The van der Waals surface area contributed by atoms with Gasteiger partial charge in [0, 0.05) is 19.0 Å². The van der Waals surface area contributed by atoms with Crippen molar-refractivity contribution < 1.29 is 19.2 Å². The number of imide groups is 1. The van der Waals surface area contributed by atoms with Crippen LogP contribution >= 0.6 is 0 Å². The van der Waals surface area contributed by atoms with Crippen molar-refractivity contribution in [1.29, 1.82) is 0 Å². The third kappa shape index (κ3) is 4.03. The van der Waals surface area contributed by atoms with Crippen LogP contribution in [0, 0.1) is 6.92 Å². The second kappa shape index (κ2) is 8.22. The van der Waals surface area contributed by atoms with Gasteiger partial charge in [-0.1, -0.05) is 26.0 Å². The Morgan fingerprint density at radius 1 is 1.30 bits per heavy atom. The molecule has 1 fully saturated rings. The van der Waals surface area contributed by atoms with Gasteiger partial charge >= 0.3 is 0 Å². The number of amides is 3. The lowest BCUT2D eigenvalue weighted by Gasteiger charge is -2.30. The molecule has 0 radical (unpaired) electrons. The van der Waals surface area contributed by atoms with Gasteiger partial charge in [-0.25, -0.2) is 0 Å². The summed E-state index contributed by atoms with van der Waals surface area (Å²) in [4.78, 5) is 47.9. The lowest BCUT2D eigenvalue weighted by atomic mass is 9.99. The van der Waals surface area contributed by atoms with Gasteiger partial charge in [0.1, 0.15) is 6.04 Å². The van der Waals surface area contributed by atoms with Crippen molar-refractivity contribution in [3.63, 3.8) is 0 Å². The van der Waals surface area contributed by atoms with E-state index in [0.717, 1.165) is 0 Å². The van der Waals surface area contributed by atoms with Gasteiger partial charge < -0.3 is 4.90 Å². The molecule has 1 N–H and O–H groups in total. The van der Waals surface area contributed by atoms with Crippen molar-refractivity contribution >= 4 is 24.0 Å². The quantitative estimate of drug-likeness (QED) is 0.679. The SMILES string of the molecule is CC.Cc1cccc(C(=O)N(C)C2CCC(=O)NC2=O)c1C=O. The summed E-state index contributed by atoms with van der Waals surface area (Å²) in [5, 5.41) is 2.22. The van der Waals surface area contributed by atoms with Crippen LogP contribution in [0.3, 0.4) is 0 Å². The molecule has 6 nitrogen and oxygen atoms in total. The second-order valence-corrected chi connectivity index (χ2v) is 5.04. The number of nitrogens with zero attached hydrogens (tertiary/aromatic N) is 1. The normalized spacial score (nSPS) is 16.8. The zero-order valence-electron chi connectivity index (χ0n) is 13.9. The number of hydrogen-bond acceptors (Lipinski definition) is 4. The molecule has 0 saturated carbocycles. The minimum atomic E-state index is -0.699. The Morgan fingerprint density at radius 3 is 2.52 bits per heavy atom. The highest BCUT2D eigenvalue weighted by Crippen LogP contribution is 2.18. The zero-order valence-corrected chi connectivity index (χ0v) is 13.9. The Balaban J connectivity index is 0.00000127. The number of aryl methyl sites for hydroxylation is 1. The van der Waals surface area contributed by atoms with E-state index in [1.807, 2.05) is 13.8 Å². The number of carbonyl (C=O) groups is 4. The average Bonchev–Trinajstić information content (AvgIpc) is 2.55. The van der Waals surface area contributed by atoms with E-state index < -0.39 is 17.9 Å². The summed E-state index contributed by atoms with van der Waals surface area (Å²) in [6.45, 7) is 5.74. The highest BCUT2D eigenvalue weighted by molar-refractivity contribution is 6.06. The molecular formula is C17H22N2O4. The molecule has 2 rings (SSSR count). The second-order valence-electron chi connectivity index (χ2n) is 5.04. The number of carbonyl (C=O) groups excluding carboxylic acids is 4. The highest BCUT2D eigenvalue weighted by Gasteiger charge is 2.33. The molecule has 1 aliphatic rings. The van der Waals surface area contributed by atoms with Crippen LogP contribution in [0.4, 0.5) is 0 Å². The smallest absolute Gasteiger partial charge is 0.255 e. The van der Waals surface area contributed by atoms with Gasteiger partial charge in [0.05, 0.1) is 5.56 Å². The van der Waals surface area contributed by atoms with Crippen molar-refractivity contribution in [3.8, 4) is 0 Å². The van der Waals surface area contributed by atoms with Crippen LogP contribution in [0.2, 0.25) is 0 Å². The van der Waals surface area contributed by atoms with Gasteiger partial charge in [0.25, 0.3) is 5.91 Å². The van der Waals surface area contributed by atoms with E-state index in [4.69, 9.17) is 0 Å². The molecule has 124 valence electrons. The van der Waals surface area contributed by atoms with Crippen LogP contribution in [0.5, 0.6) is 0 Å². The predicted molar refractivity (Wildman–Crippen MR) is 86.2 cm³/mol. The van der Waals surface area contributed by atoms with E-state index in [9.17, 15) is 19.2 Å². The number of piperidine rings is 1. The molecule has 0 aromatic heterocycles. The number of aldehydes is 1. The first kappa shape index (κ1) is 18.5. The average molecular weight is 318 g/mol. The molecule has 1 heterocycles. The maximum absolute atomic E-state index is 12.5. The van der Waals surface area contributed by atoms with E-state index in [1.165, 1.54) is 11.9 Å². The summed E-state index contributed by atoms with van der Waals surface area (Å²) in [6.07, 6.45) is 1.12. The summed E-state index contributed by atoms with van der Waals surface area (Å²) in [5.74, 6) is -1.22. The van der Waals surface area contributed by atoms with Crippen LogP contribution in [-0.4, -0.2) is 42.0 Å². The van der Waals surface area contributed by atoms with Gasteiger partial charge in [-0.3, -0.25) is 24.5 Å². The van der Waals surface area contributed by atoms with Gasteiger partial charge in [0.2, 0.25) is 11.8 Å². The minimum absolute atomic E-state index is 0.197. The molecule has 1 aromatic rings. The molecule has 0 bridgehead atoms. The molecular weight excluding hydrogens is 296 g/mol. The molecule has 0 spiro atoms. The molecule has 1 atom stereocenters. The van der Waals surface area contributed by atoms with Crippen molar-refractivity contribution in [2.75, 3.05) is 7.05 Å². The first-order valence-electron chi connectivity index (χ1n) is 7.61. The number of hydrogen-bond donors (Lipinski definition) is 1. The molecule has 1 unspecified atom stereocenters. The first-order valence-corrected chi connectivity index (χ1v) is 7.61. The van der Waals surface area contributed by atoms with E-state index >= 15 is 0 Å². The number of nitrogens with one attached hydrogen (secondary N) is 1. The van der Waals surface area contributed by atoms with E-state index in [0.29, 0.717) is 17.4 Å². The molecule has 3 amide bonds. The lowest BCUT2D eigenvalue weighted by molar-refractivity contribution is -0.136. The van der Waals surface area contributed by atoms with E-state index in [1.54, 1.807) is 25.1 Å². The van der Waals surface area contributed by atoms with Crippen LogP contribution < -0.4 is 5.32 Å². The molecule has 6 heteroatoms. The first-order chi connectivity index (χ1) is 11.0. The Hall–Kier alpha value is -2.50. The molecule has 23 heavy (non-hydrogen) atoms. The fraction of sp³-hybridized carbons (Fsp3) is 0.412. The minimum Gasteiger partial charge on any atom is -0.330 e. The Morgan fingerprint density at radius 2 is 1.96 bits per heavy atom. The van der Waals surface area contributed by atoms with E-state index in [2.05, 4.69) is 5.32 Å². The predicted octanol–water partition coefficient (Wildman–Crippen LogP) is 1.71. The Kier molecular flexibility index (Phi) is 6.63. The number of rotatable bonds is 3. The number of benzene rings is 1. The third-order valence-electron chi connectivity index (χ3n) is 3.67. The Labute approximate surface area is 135 Å². The topological polar surface area (TPSA) is 83.6 Å². The fourth-order valence-corrected chi connectivity index (χ4v) is 2.41. The highest BCUT2D eigenvalue weighted by atomic mass is 16.2. The van der Waals surface area contributed by atoms with Gasteiger partial charge in [0.15, 0.2) is 6.29 Å². The van der Waals surface area contributed by atoms with Crippen molar-refractivity contribution in [2.45, 2.75) is 39.7 Å². The summed E-state index contributed by atoms with van der Waals surface area (Å²) in [6, 6.07) is 4.29. The van der Waals surface area contributed by atoms with Crippen molar-refractivity contribution in [2.24, 2.45) is 0 Å². The maximum atomic E-state index is 12.5. The monoisotopic (exact) mass is 318 g/mol. The lowest BCUT2D eigenvalue weighted by Crippen LogP contribution is -2.53. The molecule has 1 saturated heterocycles. The van der Waals surface area contributed by atoms with Crippen molar-refractivity contribution in [1.82, 2.24) is 10.2 Å². The van der Waals surface area contributed by atoms with Gasteiger partial charge in [-0.05, 0) is 25.0 Å².